The fourth-order valence-corrected chi connectivity index (χ4v) is 1.69. The van der Waals surface area contributed by atoms with Crippen LogP contribution in [-0.4, -0.2) is 53.7 Å². The summed E-state index contributed by atoms with van der Waals surface area (Å²) < 4.78 is 9.50. The van der Waals surface area contributed by atoms with E-state index in [0.29, 0.717) is 0 Å². The van der Waals surface area contributed by atoms with Crippen molar-refractivity contribution < 1.29 is 29.0 Å². The highest BCUT2D eigenvalue weighted by Gasteiger charge is 2.32. The second kappa shape index (κ2) is 5.94. The van der Waals surface area contributed by atoms with Gasteiger partial charge in [0, 0.05) is 12.1 Å². The number of ketones is 1. The van der Waals surface area contributed by atoms with Crippen LogP contribution in [-0.2, 0) is 19.1 Å². The Morgan fingerprint density at radius 1 is 1.30 bits per heavy atom. The lowest BCUT2D eigenvalue weighted by molar-refractivity contribution is -0.139. The number of nitrogens with zero attached hydrogens (tertiary/aromatic N) is 1. The summed E-state index contributed by atoms with van der Waals surface area (Å²) in [5.41, 5.74) is -0.665. The summed E-state index contributed by atoms with van der Waals surface area (Å²) in [6, 6.07) is 0. The molecule has 1 amide bonds. The van der Waals surface area contributed by atoms with Crippen molar-refractivity contribution in [2.24, 2.45) is 0 Å². The lowest BCUT2D eigenvalue weighted by Crippen LogP contribution is -2.44. The van der Waals surface area contributed by atoms with Crippen molar-refractivity contribution in [2.45, 2.75) is 32.8 Å². The number of piperidine rings is 1. The van der Waals surface area contributed by atoms with E-state index < -0.39 is 29.2 Å². The van der Waals surface area contributed by atoms with E-state index in [1.807, 2.05) is 0 Å². The molecule has 0 bridgehead atoms. The summed E-state index contributed by atoms with van der Waals surface area (Å²) in [5, 5.41) is 9.57. The van der Waals surface area contributed by atoms with Crippen LogP contribution in [0.5, 0.6) is 0 Å². The number of hydrogen-bond acceptors (Lipinski definition) is 6. The highest BCUT2D eigenvalue weighted by molar-refractivity contribution is 6.05. The molecule has 0 aromatic carbocycles. The molecule has 1 aliphatic heterocycles. The van der Waals surface area contributed by atoms with Crippen molar-refractivity contribution in [1.82, 2.24) is 4.90 Å². The number of aliphatic hydroxyl groups is 1. The Morgan fingerprint density at radius 2 is 1.90 bits per heavy atom. The van der Waals surface area contributed by atoms with E-state index in [0.717, 1.165) is 7.11 Å². The van der Waals surface area contributed by atoms with Gasteiger partial charge in [-0.15, -0.1) is 0 Å². The van der Waals surface area contributed by atoms with Gasteiger partial charge < -0.3 is 19.5 Å². The molecule has 7 nitrogen and oxygen atoms in total. The molecule has 0 aromatic rings. The standard InChI is InChI=1S/C13H19NO6/c1-13(2,3)20-12(18)14-6-5-8(9(15)7-14)10(16)11(17)19-4/h16H,5-7H2,1-4H3. The number of hydrogen-bond donors (Lipinski definition) is 1. The van der Waals surface area contributed by atoms with E-state index in [9.17, 15) is 19.5 Å². The molecule has 0 radical (unpaired) electrons. The van der Waals surface area contributed by atoms with Crippen molar-refractivity contribution >= 4 is 17.8 Å². The molecule has 7 heteroatoms. The molecule has 0 atom stereocenters. The van der Waals surface area contributed by atoms with Gasteiger partial charge >= 0.3 is 12.1 Å². The van der Waals surface area contributed by atoms with Crippen LogP contribution >= 0.6 is 0 Å². The first-order valence-corrected chi connectivity index (χ1v) is 6.17. The van der Waals surface area contributed by atoms with E-state index in [-0.39, 0.29) is 25.1 Å². The summed E-state index contributed by atoms with van der Waals surface area (Å²) in [5.74, 6) is -2.15. The first kappa shape index (κ1) is 16.0. The predicted molar refractivity (Wildman–Crippen MR) is 69.1 cm³/mol. The molecule has 1 heterocycles. The Hall–Kier alpha value is -2.05. The number of esters is 1. The summed E-state index contributed by atoms with van der Waals surface area (Å²) in [6.07, 6.45) is -0.513. The third-order valence-corrected chi connectivity index (χ3v) is 2.62. The number of methoxy groups -OCH3 is 1. The quantitative estimate of drug-likeness (QED) is 0.442. The average Bonchev–Trinajstić information content (AvgIpc) is 2.34. The van der Waals surface area contributed by atoms with Gasteiger partial charge in [-0.1, -0.05) is 0 Å². The zero-order chi connectivity index (χ0) is 15.5. The lowest BCUT2D eigenvalue weighted by atomic mass is 10.0. The normalized spacial score (nSPS) is 18.6. The molecule has 1 N–H and O–H groups in total. The third-order valence-electron chi connectivity index (χ3n) is 2.62. The number of carbonyl (C=O) groups excluding carboxylic acids is 3. The minimum absolute atomic E-state index is 0.0170. The highest BCUT2D eigenvalue weighted by Crippen LogP contribution is 2.19. The number of amides is 1. The van der Waals surface area contributed by atoms with Crippen LogP contribution in [0.25, 0.3) is 0 Å². The number of Topliss-reactive ketones (excluding diaryl/α,β-unsaturated/α-hetero) is 1. The van der Waals surface area contributed by atoms with Gasteiger partial charge in [0.05, 0.1) is 13.7 Å². The number of rotatable bonds is 1. The molecule has 0 aliphatic carbocycles. The van der Waals surface area contributed by atoms with Gasteiger partial charge in [0.2, 0.25) is 5.76 Å². The second-order valence-corrected chi connectivity index (χ2v) is 5.39. The molecule has 1 saturated heterocycles. The van der Waals surface area contributed by atoms with Crippen LogP contribution in [0.2, 0.25) is 0 Å². The van der Waals surface area contributed by atoms with Crippen LogP contribution in [0, 0.1) is 0 Å². The molecular weight excluding hydrogens is 266 g/mol. The fourth-order valence-electron chi connectivity index (χ4n) is 1.69. The van der Waals surface area contributed by atoms with E-state index in [2.05, 4.69) is 4.74 Å². The second-order valence-electron chi connectivity index (χ2n) is 5.39. The summed E-state index contributed by atoms with van der Waals surface area (Å²) >= 11 is 0. The van der Waals surface area contributed by atoms with Gasteiger partial charge in [-0.25, -0.2) is 9.59 Å². The largest absolute Gasteiger partial charge is 0.502 e. The maximum atomic E-state index is 11.9. The Balaban J connectivity index is 2.76. The zero-order valence-electron chi connectivity index (χ0n) is 12.1. The first-order chi connectivity index (χ1) is 9.15. The summed E-state index contributed by atoms with van der Waals surface area (Å²) in [6.45, 7) is 5.14. The maximum absolute atomic E-state index is 11.9. The molecule has 0 unspecified atom stereocenters. The third kappa shape index (κ3) is 3.97. The van der Waals surface area contributed by atoms with E-state index >= 15 is 0 Å². The SMILES string of the molecule is COC(=O)C(O)=C1CCN(C(=O)OC(C)(C)C)CC1=O. The van der Waals surface area contributed by atoms with E-state index in [1.54, 1.807) is 20.8 Å². The van der Waals surface area contributed by atoms with Crippen molar-refractivity contribution in [3.05, 3.63) is 11.3 Å². The Bertz CT molecular complexity index is 460. The molecule has 112 valence electrons. The molecule has 1 aliphatic rings. The van der Waals surface area contributed by atoms with Crippen LogP contribution < -0.4 is 0 Å². The molecule has 1 fully saturated rings. The van der Waals surface area contributed by atoms with Gasteiger partial charge in [-0.05, 0) is 27.2 Å². The van der Waals surface area contributed by atoms with E-state index in [1.165, 1.54) is 4.90 Å². The zero-order valence-corrected chi connectivity index (χ0v) is 12.1. The summed E-state index contributed by atoms with van der Waals surface area (Å²) in [4.78, 5) is 36.1. The lowest BCUT2D eigenvalue weighted by Gasteiger charge is -2.30. The molecule has 0 spiro atoms. The number of aliphatic hydroxyl groups excluding tert-OH is 1. The number of ether oxygens (including phenoxy) is 2. The van der Waals surface area contributed by atoms with Crippen LogP contribution in [0.3, 0.4) is 0 Å². The van der Waals surface area contributed by atoms with Gasteiger partial charge in [-0.2, -0.15) is 0 Å². The van der Waals surface area contributed by atoms with Crippen molar-refractivity contribution in [2.75, 3.05) is 20.2 Å². The number of likely N-dealkylation sites (tertiary alicyclic amines) is 1. The Morgan fingerprint density at radius 3 is 2.35 bits per heavy atom. The first-order valence-electron chi connectivity index (χ1n) is 6.17. The number of carbonyl (C=O) groups is 3. The average molecular weight is 285 g/mol. The van der Waals surface area contributed by atoms with Gasteiger partial charge in [0.25, 0.3) is 0 Å². The smallest absolute Gasteiger partial charge is 0.410 e. The van der Waals surface area contributed by atoms with Gasteiger partial charge in [0.1, 0.15) is 5.60 Å². The summed E-state index contributed by atoms with van der Waals surface area (Å²) in [7, 11) is 1.11. The minimum Gasteiger partial charge on any atom is -0.502 e. The van der Waals surface area contributed by atoms with Crippen molar-refractivity contribution in [3.63, 3.8) is 0 Å². The van der Waals surface area contributed by atoms with Crippen molar-refractivity contribution in [3.8, 4) is 0 Å². The Labute approximate surface area is 117 Å². The molecular formula is C13H19NO6. The van der Waals surface area contributed by atoms with E-state index in [4.69, 9.17) is 4.74 Å². The van der Waals surface area contributed by atoms with Crippen LogP contribution in [0.15, 0.2) is 11.3 Å². The van der Waals surface area contributed by atoms with Gasteiger partial charge in [-0.3, -0.25) is 4.79 Å². The molecule has 1 rings (SSSR count). The monoisotopic (exact) mass is 285 g/mol. The molecule has 0 aromatic heterocycles. The maximum Gasteiger partial charge on any atom is 0.410 e. The van der Waals surface area contributed by atoms with Crippen LogP contribution in [0.1, 0.15) is 27.2 Å². The molecule has 20 heavy (non-hydrogen) atoms. The fraction of sp³-hybridized carbons (Fsp3) is 0.615. The minimum atomic E-state index is -0.959. The topological polar surface area (TPSA) is 93.1 Å². The van der Waals surface area contributed by atoms with Crippen LogP contribution in [0.4, 0.5) is 4.79 Å². The van der Waals surface area contributed by atoms with Gasteiger partial charge in [0.15, 0.2) is 5.78 Å². The Kier molecular flexibility index (Phi) is 4.75. The molecule has 0 saturated carbocycles. The van der Waals surface area contributed by atoms with Crippen molar-refractivity contribution in [1.29, 1.82) is 0 Å². The highest BCUT2D eigenvalue weighted by atomic mass is 16.6. The predicted octanol–water partition coefficient (Wildman–Crippen LogP) is 1.18.